The lowest BCUT2D eigenvalue weighted by Crippen LogP contribution is -2.36. The lowest BCUT2D eigenvalue weighted by atomic mass is 10.2. The number of nitrogens with one attached hydrogen (secondary N) is 2. The van der Waals surface area contributed by atoms with Crippen LogP contribution in [0.15, 0.2) is 24.3 Å². The monoisotopic (exact) mass is 380 g/mol. The van der Waals surface area contributed by atoms with Gasteiger partial charge in [-0.3, -0.25) is 9.59 Å². The van der Waals surface area contributed by atoms with Crippen molar-refractivity contribution >= 4 is 11.8 Å². The van der Waals surface area contributed by atoms with Crippen LogP contribution in [0.25, 0.3) is 0 Å². The quantitative estimate of drug-likeness (QED) is 0.275. The number of hydrogen-bond acceptors (Lipinski definition) is 4. The van der Waals surface area contributed by atoms with Crippen LogP contribution in [0.4, 0.5) is 0 Å². The molecule has 2 atom stereocenters. The van der Waals surface area contributed by atoms with Crippen molar-refractivity contribution in [2.45, 2.75) is 82.7 Å². The van der Waals surface area contributed by atoms with Gasteiger partial charge < -0.3 is 20.8 Å². The number of rotatable bonds is 14. The predicted molar refractivity (Wildman–Crippen MR) is 107 cm³/mol. The number of hydrogen-bond donors (Lipinski definition) is 4. The number of aliphatic hydroxyl groups excluding tert-OH is 2. The molecule has 0 aliphatic heterocycles. The molecule has 6 heteroatoms. The molecule has 27 heavy (non-hydrogen) atoms. The van der Waals surface area contributed by atoms with Crippen LogP contribution in [0.5, 0.6) is 0 Å². The fourth-order valence-corrected chi connectivity index (χ4v) is 3.22. The minimum Gasteiger partial charge on any atom is -0.396 e. The fraction of sp³-hybridized carbons (Fsp3) is 0.714. The molecule has 0 saturated heterocycles. The average Bonchev–Trinajstić information content (AvgIpc) is 3.07. The van der Waals surface area contributed by atoms with Gasteiger partial charge >= 0.3 is 0 Å². The zero-order chi connectivity index (χ0) is 19.7. The summed E-state index contributed by atoms with van der Waals surface area (Å²) < 4.78 is 0. The lowest BCUT2D eigenvalue weighted by Gasteiger charge is -2.13. The largest absolute Gasteiger partial charge is 0.396 e. The Kier molecular flexibility index (Phi) is 13.3. The van der Waals surface area contributed by atoms with Crippen LogP contribution >= 0.6 is 0 Å². The number of allylic oxidation sites excluding steroid dienone is 2. The molecule has 0 unspecified atom stereocenters. The Balaban J connectivity index is 2.14. The van der Waals surface area contributed by atoms with Gasteiger partial charge in [0.25, 0.3) is 0 Å². The van der Waals surface area contributed by atoms with Gasteiger partial charge in [0.05, 0.1) is 0 Å². The van der Waals surface area contributed by atoms with Gasteiger partial charge in [-0.25, -0.2) is 0 Å². The Labute approximate surface area is 163 Å². The van der Waals surface area contributed by atoms with Gasteiger partial charge in [-0.1, -0.05) is 25.0 Å². The smallest absolute Gasteiger partial charge is 0.243 e. The third kappa shape index (κ3) is 12.4. The second-order valence-corrected chi connectivity index (χ2v) is 7.17. The van der Waals surface area contributed by atoms with Crippen molar-refractivity contribution in [1.82, 2.24) is 10.6 Å². The van der Waals surface area contributed by atoms with Gasteiger partial charge in [0.2, 0.25) is 11.8 Å². The van der Waals surface area contributed by atoms with E-state index < -0.39 is 0 Å². The minimum atomic E-state index is -0.0723. The van der Waals surface area contributed by atoms with Gasteiger partial charge in [0.1, 0.15) is 0 Å². The van der Waals surface area contributed by atoms with E-state index in [1.165, 1.54) is 0 Å². The summed E-state index contributed by atoms with van der Waals surface area (Å²) in [5.41, 5.74) is 0. The maximum Gasteiger partial charge on any atom is 0.243 e. The van der Waals surface area contributed by atoms with Crippen molar-refractivity contribution in [3.8, 4) is 0 Å². The molecule has 6 nitrogen and oxygen atoms in total. The standard InChI is InChI=1S/C21H36N2O4/c24-15-9-5-1-3-7-11-20(26)22-18-13-14-19(17-18)23-21(27)12-8-4-2-6-10-16-25/h7-8,11-12,18-19,24-25H,1-6,9-10,13-17H2,(H,22,26)(H,23,27)/b11-7+,12-8+/t18-,19+. The summed E-state index contributed by atoms with van der Waals surface area (Å²) in [6.07, 6.45) is 16.7. The highest BCUT2D eigenvalue weighted by Gasteiger charge is 2.26. The SMILES string of the molecule is O=C(/C=C/CCCCCO)N[C@@H]1CC[C@H](NC(=O)/C=C/CCCCCO)C1. The van der Waals surface area contributed by atoms with Gasteiger partial charge in [0.15, 0.2) is 0 Å². The molecule has 0 aromatic rings. The van der Waals surface area contributed by atoms with Crippen molar-refractivity contribution in [1.29, 1.82) is 0 Å². The summed E-state index contributed by atoms with van der Waals surface area (Å²) in [5, 5.41) is 23.4. The molecular weight excluding hydrogens is 344 g/mol. The van der Waals surface area contributed by atoms with Gasteiger partial charge in [-0.2, -0.15) is 0 Å². The predicted octanol–water partition coefficient (Wildman–Crippen LogP) is 2.36. The number of carbonyl (C=O) groups is 2. The average molecular weight is 381 g/mol. The number of aliphatic hydroxyl groups is 2. The molecule has 0 bridgehead atoms. The van der Waals surface area contributed by atoms with Crippen molar-refractivity contribution in [2.24, 2.45) is 0 Å². The van der Waals surface area contributed by atoms with Crippen LogP contribution in [0.2, 0.25) is 0 Å². The normalized spacial score (nSPS) is 19.8. The third-order valence-corrected chi connectivity index (χ3v) is 4.72. The number of amides is 2. The Hall–Kier alpha value is -1.66. The van der Waals surface area contributed by atoms with Crippen molar-refractivity contribution < 1.29 is 19.8 Å². The summed E-state index contributed by atoms with van der Waals surface area (Å²) >= 11 is 0. The maximum absolute atomic E-state index is 11.9. The van der Waals surface area contributed by atoms with Crippen molar-refractivity contribution in [2.75, 3.05) is 13.2 Å². The lowest BCUT2D eigenvalue weighted by molar-refractivity contribution is -0.117. The topological polar surface area (TPSA) is 98.7 Å². The van der Waals surface area contributed by atoms with Crippen molar-refractivity contribution in [3.63, 3.8) is 0 Å². The molecule has 0 radical (unpaired) electrons. The van der Waals surface area contributed by atoms with E-state index >= 15 is 0 Å². The maximum atomic E-state index is 11.9. The van der Waals surface area contributed by atoms with Crippen LogP contribution in [0.3, 0.4) is 0 Å². The molecule has 1 saturated carbocycles. The molecular formula is C21H36N2O4. The fourth-order valence-electron chi connectivity index (χ4n) is 3.22. The van der Waals surface area contributed by atoms with E-state index in [9.17, 15) is 9.59 Å². The van der Waals surface area contributed by atoms with E-state index in [0.29, 0.717) is 0 Å². The van der Waals surface area contributed by atoms with E-state index in [-0.39, 0.29) is 37.1 Å². The van der Waals surface area contributed by atoms with E-state index in [4.69, 9.17) is 10.2 Å². The molecule has 154 valence electrons. The third-order valence-electron chi connectivity index (χ3n) is 4.72. The molecule has 0 spiro atoms. The van der Waals surface area contributed by atoms with Gasteiger partial charge in [0, 0.05) is 25.3 Å². The number of unbranched alkanes of at least 4 members (excludes halogenated alkanes) is 6. The van der Waals surface area contributed by atoms with E-state index in [2.05, 4.69) is 10.6 Å². The van der Waals surface area contributed by atoms with Crippen LogP contribution < -0.4 is 10.6 Å². The number of carbonyl (C=O) groups excluding carboxylic acids is 2. The highest BCUT2D eigenvalue weighted by atomic mass is 16.3. The zero-order valence-electron chi connectivity index (χ0n) is 16.4. The molecule has 1 rings (SSSR count). The first kappa shape index (κ1) is 23.4. The Morgan fingerprint density at radius 1 is 0.741 bits per heavy atom. The Bertz CT molecular complexity index is 435. The van der Waals surface area contributed by atoms with Crippen LogP contribution in [0, 0.1) is 0 Å². The molecule has 1 aliphatic rings. The van der Waals surface area contributed by atoms with E-state index in [0.717, 1.165) is 70.6 Å². The summed E-state index contributed by atoms with van der Waals surface area (Å²) in [4.78, 5) is 23.8. The van der Waals surface area contributed by atoms with Crippen LogP contribution in [-0.4, -0.2) is 47.3 Å². The summed E-state index contributed by atoms with van der Waals surface area (Å²) in [6.45, 7) is 0.452. The minimum absolute atomic E-state index is 0.0723. The Morgan fingerprint density at radius 2 is 1.19 bits per heavy atom. The van der Waals surface area contributed by atoms with E-state index in [1.54, 1.807) is 12.2 Å². The molecule has 1 aliphatic carbocycles. The van der Waals surface area contributed by atoms with E-state index in [1.807, 2.05) is 12.2 Å². The first-order valence-electron chi connectivity index (χ1n) is 10.3. The first-order chi connectivity index (χ1) is 13.2. The molecule has 2 amide bonds. The highest BCUT2D eigenvalue weighted by Crippen LogP contribution is 2.19. The molecule has 0 aromatic carbocycles. The Morgan fingerprint density at radius 3 is 1.59 bits per heavy atom. The summed E-state index contributed by atoms with van der Waals surface area (Å²) in [5.74, 6) is -0.145. The molecule has 4 N–H and O–H groups in total. The first-order valence-corrected chi connectivity index (χ1v) is 10.3. The second kappa shape index (κ2) is 15.4. The molecule has 0 heterocycles. The highest BCUT2D eigenvalue weighted by molar-refractivity contribution is 5.88. The van der Waals surface area contributed by atoms with Gasteiger partial charge in [-0.05, 0) is 69.9 Å². The molecule has 0 aromatic heterocycles. The van der Waals surface area contributed by atoms with Gasteiger partial charge in [-0.15, -0.1) is 0 Å². The van der Waals surface area contributed by atoms with Crippen LogP contribution in [0.1, 0.15) is 70.6 Å². The van der Waals surface area contributed by atoms with Crippen LogP contribution in [-0.2, 0) is 9.59 Å². The summed E-state index contributed by atoms with van der Waals surface area (Å²) in [6, 6.07) is 0.230. The zero-order valence-corrected chi connectivity index (χ0v) is 16.4. The van der Waals surface area contributed by atoms with Crippen molar-refractivity contribution in [3.05, 3.63) is 24.3 Å². The summed E-state index contributed by atoms with van der Waals surface area (Å²) in [7, 11) is 0. The molecule has 1 fully saturated rings. The second-order valence-electron chi connectivity index (χ2n) is 7.17.